The van der Waals surface area contributed by atoms with Gasteiger partial charge in [-0.2, -0.15) is 0 Å². The molecule has 0 fully saturated rings. The van der Waals surface area contributed by atoms with Crippen molar-refractivity contribution in [2.45, 2.75) is 0 Å². The molecule has 2 aromatic heterocycles. The maximum atomic E-state index is 6.10. The summed E-state index contributed by atoms with van der Waals surface area (Å²) in [7, 11) is 0. The van der Waals surface area contributed by atoms with Crippen LogP contribution in [0.25, 0.3) is 21.5 Å². The molecule has 3 aromatic rings. The van der Waals surface area contributed by atoms with Crippen LogP contribution >= 0.6 is 22.9 Å². The molecule has 0 unspecified atom stereocenters. The fourth-order valence-electron chi connectivity index (χ4n) is 1.68. The molecule has 0 amide bonds. The number of hydrogen-bond donors (Lipinski definition) is 1. The molecule has 0 saturated heterocycles. The van der Waals surface area contributed by atoms with Crippen LogP contribution in [0.1, 0.15) is 0 Å². The van der Waals surface area contributed by atoms with Gasteiger partial charge in [0.2, 0.25) is 0 Å². The Kier molecular flexibility index (Phi) is 2.04. The predicted octanol–water partition coefficient (Wildman–Crippen LogP) is 4.55. The molecule has 0 spiro atoms. The van der Waals surface area contributed by atoms with Gasteiger partial charge in [-0.3, -0.25) is 0 Å². The first-order valence-electron chi connectivity index (χ1n) is 4.66. The highest BCUT2D eigenvalue weighted by atomic mass is 35.5. The predicted molar refractivity (Wildman–Crippen MR) is 66.6 cm³/mol. The summed E-state index contributed by atoms with van der Waals surface area (Å²) in [6.07, 6.45) is 0. The number of fused-ring (bicyclic) bond motifs is 1. The van der Waals surface area contributed by atoms with E-state index in [2.05, 4.69) is 28.6 Å². The van der Waals surface area contributed by atoms with E-state index in [0.717, 1.165) is 21.6 Å². The number of H-pyrrole nitrogens is 1. The highest BCUT2D eigenvalue weighted by Crippen LogP contribution is 2.30. The van der Waals surface area contributed by atoms with Gasteiger partial charge in [0, 0.05) is 5.39 Å². The summed E-state index contributed by atoms with van der Waals surface area (Å²) < 4.78 is 0. The van der Waals surface area contributed by atoms with Gasteiger partial charge >= 0.3 is 0 Å². The molecule has 0 radical (unpaired) electrons. The van der Waals surface area contributed by atoms with E-state index in [-0.39, 0.29) is 0 Å². The van der Waals surface area contributed by atoms with Crippen LogP contribution in [0.4, 0.5) is 0 Å². The average Bonchev–Trinajstić information content (AvgIpc) is 2.86. The van der Waals surface area contributed by atoms with E-state index in [9.17, 15) is 0 Å². The van der Waals surface area contributed by atoms with Gasteiger partial charge in [-0.1, -0.05) is 29.8 Å². The van der Waals surface area contributed by atoms with E-state index >= 15 is 0 Å². The van der Waals surface area contributed by atoms with Gasteiger partial charge in [0.25, 0.3) is 0 Å². The molecule has 1 N–H and O–H groups in total. The van der Waals surface area contributed by atoms with E-state index in [4.69, 9.17) is 11.6 Å². The lowest BCUT2D eigenvalue weighted by molar-refractivity contribution is 1.48. The minimum absolute atomic E-state index is 0.773. The van der Waals surface area contributed by atoms with Crippen LogP contribution in [0.3, 0.4) is 0 Å². The molecule has 2 heterocycles. The van der Waals surface area contributed by atoms with Gasteiger partial charge < -0.3 is 4.98 Å². The summed E-state index contributed by atoms with van der Waals surface area (Å²) in [6.45, 7) is 0. The Bertz CT molecular complexity index is 595. The molecule has 0 aliphatic rings. The smallest absolute Gasteiger partial charge is 0.0648 e. The van der Waals surface area contributed by atoms with Gasteiger partial charge in [0.05, 0.1) is 21.1 Å². The topological polar surface area (TPSA) is 15.8 Å². The number of nitrogens with one attached hydrogen (secondary N) is 1. The fraction of sp³-hybridized carbons (Fsp3) is 0. The molecule has 3 heteroatoms. The third kappa shape index (κ3) is 1.46. The summed E-state index contributed by atoms with van der Waals surface area (Å²) in [6, 6.07) is 12.2. The lowest BCUT2D eigenvalue weighted by Crippen LogP contribution is -1.70. The molecular formula is C12H8ClNS. The van der Waals surface area contributed by atoms with Crippen molar-refractivity contribution in [3.05, 3.63) is 46.8 Å². The van der Waals surface area contributed by atoms with Crippen LogP contribution in [-0.4, -0.2) is 4.98 Å². The van der Waals surface area contributed by atoms with Crippen molar-refractivity contribution in [1.82, 2.24) is 4.98 Å². The van der Waals surface area contributed by atoms with Crippen molar-refractivity contribution < 1.29 is 0 Å². The van der Waals surface area contributed by atoms with E-state index in [0.29, 0.717) is 0 Å². The van der Waals surface area contributed by atoms with Crippen molar-refractivity contribution in [2.75, 3.05) is 0 Å². The second-order valence-electron chi connectivity index (χ2n) is 3.36. The van der Waals surface area contributed by atoms with Crippen LogP contribution in [0.2, 0.25) is 5.02 Å². The van der Waals surface area contributed by atoms with Gasteiger partial charge in [-0.15, -0.1) is 11.3 Å². The van der Waals surface area contributed by atoms with E-state index in [1.165, 1.54) is 4.88 Å². The highest BCUT2D eigenvalue weighted by molar-refractivity contribution is 7.13. The zero-order valence-electron chi connectivity index (χ0n) is 7.83. The molecule has 74 valence electrons. The van der Waals surface area contributed by atoms with Crippen molar-refractivity contribution >= 4 is 33.8 Å². The Morgan fingerprint density at radius 3 is 2.80 bits per heavy atom. The number of benzene rings is 1. The monoisotopic (exact) mass is 233 g/mol. The van der Waals surface area contributed by atoms with E-state index < -0.39 is 0 Å². The largest absolute Gasteiger partial charge is 0.353 e. The summed E-state index contributed by atoms with van der Waals surface area (Å²) in [5.41, 5.74) is 2.15. The number of halogens is 1. The number of thiophene rings is 1. The number of aromatic amines is 1. The first kappa shape index (κ1) is 9.01. The van der Waals surface area contributed by atoms with Gasteiger partial charge in [-0.05, 0) is 23.6 Å². The normalized spacial score (nSPS) is 11.0. The quantitative estimate of drug-likeness (QED) is 0.635. The van der Waals surface area contributed by atoms with Crippen molar-refractivity contribution in [2.24, 2.45) is 0 Å². The second-order valence-corrected chi connectivity index (χ2v) is 4.72. The number of para-hydroxylation sites is 1. The van der Waals surface area contributed by atoms with Crippen LogP contribution in [0.15, 0.2) is 41.8 Å². The summed E-state index contributed by atoms with van der Waals surface area (Å²) in [5, 5.41) is 4.00. The van der Waals surface area contributed by atoms with Crippen molar-refractivity contribution in [1.29, 1.82) is 0 Å². The molecule has 0 aliphatic carbocycles. The minimum atomic E-state index is 0.773. The average molecular weight is 234 g/mol. The molecule has 1 aromatic carbocycles. The molecule has 0 bridgehead atoms. The molecule has 3 rings (SSSR count). The summed E-state index contributed by atoms with van der Waals surface area (Å²) >= 11 is 7.83. The van der Waals surface area contributed by atoms with Crippen molar-refractivity contribution in [3.8, 4) is 10.6 Å². The van der Waals surface area contributed by atoms with E-state index in [1.54, 1.807) is 11.3 Å². The lowest BCUT2D eigenvalue weighted by Gasteiger charge is -1.91. The number of aromatic nitrogens is 1. The summed E-state index contributed by atoms with van der Waals surface area (Å²) in [5.74, 6) is 0. The number of hydrogen-bond acceptors (Lipinski definition) is 1. The van der Waals surface area contributed by atoms with Crippen LogP contribution in [0, 0.1) is 0 Å². The third-order valence-electron chi connectivity index (χ3n) is 2.39. The first-order chi connectivity index (χ1) is 7.34. The first-order valence-corrected chi connectivity index (χ1v) is 5.91. The highest BCUT2D eigenvalue weighted by Gasteiger charge is 2.05. The SMILES string of the molecule is Clc1cccc2cc(-c3cccs3)[nH]c12. The Morgan fingerprint density at radius 2 is 2.07 bits per heavy atom. The summed E-state index contributed by atoms with van der Waals surface area (Å²) in [4.78, 5) is 4.58. The van der Waals surface area contributed by atoms with Crippen LogP contribution in [-0.2, 0) is 0 Å². The maximum absolute atomic E-state index is 6.10. The second kappa shape index (κ2) is 3.40. The third-order valence-corrected chi connectivity index (χ3v) is 3.61. The zero-order valence-corrected chi connectivity index (χ0v) is 9.40. The standard InChI is InChI=1S/C12H8ClNS/c13-9-4-1-3-8-7-10(14-12(8)9)11-5-2-6-15-11/h1-7,14H. The van der Waals surface area contributed by atoms with Gasteiger partial charge in [0.1, 0.15) is 0 Å². The van der Waals surface area contributed by atoms with Crippen LogP contribution < -0.4 is 0 Å². The Hall–Kier alpha value is -1.25. The van der Waals surface area contributed by atoms with Gasteiger partial charge in [0.15, 0.2) is 0 Å². The molecule has 1 nitrogen and oxygen atoms in total. The maximum Gasteiger partial charge on any atom is 0.0648 e. The molecule has 15 heavy (non-hydrogen) atoms. The zero-order chi connectivity index (χ0) is 10.3. The van der Waals surface area contributed by atoms with E-state index in [1.807, 2.05) is 18.2 Å². The Labute approximate surface area is 96.3 Å². The molecular weight excluding hydrogens is 226 g/mol. The Balaban J connectivity index is 2.27. The lowest BCUT2D eigenvalue weighted by atomic mass is 10.2. The van der Waals surface area contributed by atoms with Gasteiger partial charge in [-0.25, -0.2) is 0 Å². The molecule has 0 saturated carbocycles. The molecule has 0 atom stereocenters. The minimum Gasteiger partial charge on any atom is -0.353 e. The number of rotatable bonds is 1. The molecule has 0 aliphatic heterocycles. The fourth-order valence-corrected chi connectivity index (χ4v) is 2.61. The van der Waals surface area contributed by atoms with Crippen molar-refractivity contribution in [3.63, 3.8) is 0 Å². The Morgan fingerprint density at radius 1 is 1.13 bits per heavy atom. The van der Waals surface area contributed by atoms with Crippen LogP contribution in [0.5, 0.6) is 0 Å².